The van der Waals surface area contributed by atoms with Crippen molar-refractivity contribution in [2.24, 2.45) is 5.73 Å². The Morgan fingerprint density at radius 2 is 2.00 bits per heavy atom. The highest BCUT2D eigenvalue weighted by molar-refractivity contribution is 7.09. The van der Waals surface area contributed by atoms with E-state index in [1.165, 1.54) is 11.5 Å². The van der Waals surface area contributed by atoms with Gasteiger partial charge in [0.05, 0.1) is 12.5 Å². The van der Waals surface area contributed by atoms with E-state index < -0.39 is 0 Å². The van der Waals surface area contributed by atoms with E-state index in [-0.39, 0.29) is 36.8 Å². The number of hydrogen-bond acceptors (Lipinski definition) is 7. The van der Waals surface area contributed by atoms with Crippen LogP contribution in [0.4, 0.5) is 5.13 Å². The number of anilines is 1. The van der Waals surface area contributed by atoms with Crippen molar-refractivity contribution in [3.63, 3.8) is 0 Å². The predicted octanol–water partition coefficient (Wildman–Crippen LogP) is 0.957. The Kier molecular flexibility index (Phi) is 10.7. The van der Waals surface area contributed by atoms with Crippen LogP contribution in [0, 0.1) is 0 Å². The molecular formula is C13H25Cl2N5O2S. The quantitative estimate of drug-likeness (QED) is 0.784. The van der Waals surface area contributed by atoms with Crippen molar-refractivity contribution >= 4 is 47.4 Å². The molecule has 0 bridgehead atoms. The summed E-state index contributed by atoms with van der Waals surface area (Å²) in [5, 5.41) is 0.954. The molecule has 134 valence electrons. The van der Waals surface area contributed by atoms with Crippen LogP contribution in [-0.4, -0.2) is 66.1 Å². The Morgan fingerprint density at radius 3 is 2.48 bits per heavy atom. The first kappa shape index (κ1) is 22.3. The van der Waals surface area contributed by atoms with Crippen molar-refractivity contribution in [2.75, 3.05) is 44.7 Å². The predicted molar refractivity (Wildman–Crippen MR) is 97.0 cm³/mol. The molecular weight excluding hydrogens is 361 g/mol. The van der Waals surface area contributed by atoms with E-state index in [2.05, 4.69) is 14.3 Å². The molecule has 1 amide bonds. The maximum absolute atomic E-state index is 12.2. The largest absolute Gasteiger partial charge is 0.380 e. The molecule has 0 aromatic carbocycles. The zero-order chi connectivity index (χ0) is 15.2. The van der Waals surface area contributed by atoms with Crippen LogP contribution < -0.4 is 10.6 Å². The molecule has 23 heavy (non-hydrogen) atoms. The van der Waals surface area contributed by atoms with Gasteiger partial charge in [-0.05, 0) is 0 Å². The van der Waals surface area contributed by atoms with E-state index in [1.54, 1.807) is 7.11 Å². The topological polar surface area (TPSA) is 84.6 Å². The van der Waals surface area contributed by atoms with Gasteiger partial charge in [-0.1, -0.05) is 6.92 Å². The number of carbonyl (C=O) groups is 1. The summed E-state index contributed by atoms with van der Waals surface area (Å²) in [6.07, 6.45) is 1.02. The molecule has 7 nitrogen and oxygen atoms in total. The molecule has 1 aromatic heterocycles. The first-order chi connectivity index (χ1) is 10.2. The lowest BCUT2D eigenvalue weighted by atomic mass is 10.2. The van der Waals surface area contributed by atoms with Gasteiger partial charge in [0, 0.05) is 57.8 Å². The molecule has 0 spiro atoms. The Balaban J connectivity index is 0.00000242. The van der Waals surface area contributed by atoms with Crippen LogP contribution in [0.25, 0.3) is 0 Å². The number of halogens is 2. The average Bonchev–Trinajstić information content (AvgIpc) is 3.01. The SMILES string of the molecule is CCc1nsc(N2CCN(C(=O)CC(CN)OC)CC2)n1.Cl.Cl. The van der Waals surface area contributed by atoms with Gasteiger partial charge in [0.15, 0.2) is 0 Å². The lowest BCUT2D eigenvalue weighted by Crippen LogP contribution is -2.49. The van der Waals surface area contributed by atoms with Gasteiger partial charge in [0.2, 0.25) is 11.0 Å². The summed E-state index contributed by atoms with van der Waals surface area (Å²) in [4.78, 5) is 20.7. The van der Waals surface area contributed by atoms with Gasteiger partial charge >= 0.3 is 0 Å². The van der Waals surface area contributed by atoms with Gasteiger partial charge in [-0.25, -0.2) is 4.98 Å². The highest BCUT2D eigenvalue weighted by Gasteiger charge is 2.24. The van der Waals surface area contributed by atoms with Gasteiger partial charge in [0.25, 0.3) is 0 Å². The molecule has 1 atom stereocenters. The lowest BCUT2D eigenvalue weighted by Gasteiger charge is -2.34. The zero-order valence-electron chi connectivity index (χ0n) is 13.4. The summed E-state index contributed by atoms with van der Waals surface area (Å²) >= 11 is 1.43. The molecule has 1 aliphatic rings. The molecule has 1 aromatic rings. The number of rotatable bonds is 6. The fourth-order valence-corrected chi connectivity index (χ4v) is 3.05. The number of nitrogens with zero attached hydrogens (tertiary/aromatic N) is 4. The van der Waals surface area contributed by atoms with Crippen LogP contribution in [0.15, 0.2) is 0 Å². The lowest BCUT2D eigenvalue weighted by molar-refractivity contribution is -0.133. The minimum atomic E-state index is -0.189. The first-order valence-corrected chi connectivity index (χ1v) is 8.03. The van der Waals surface area contributed by atoms with E-state index in [0.29, 0.717) is 26.1 Å². The summed E-state index contributed by atoms with van der Waals surface area (Å²) in [6.45, 7) is 5.43. The third-order valence-electron chi connectivity index (χ3n) is 3.68. The third kappa shape index (κ3) is 6.04. The van der Waals surface area contributed by atoms with Crippen LogP contribution in [0.5, 0.6) is 0 Å². The standard InChI is InChI=1S/C13H23N5O2S.2ClH/c1-3-11-15-13(21-16-11)18-6-4-17(5-7-18)12(19)8-10(9-14)20-2;;/h10H,3-9,14H2,1-2H3;2*1H. The third-order valence-corrected chi connectivity index (χ3v) is 4.49. The molecule has 2 N–H and O–H groups in total. The van der Waals surface area contributed by atoms with Crippen molar-refractivity contribution < 1.29 is 9.53 Å². The van der Waals surface area contributed by atoms with Crippen molar-refractivity contribution in [2.45, 2.75) is 25.9 Å². The molecule has 0 saturated carbocycles. The van der Waals surface area contributed by atoms with Crippen LogP contribution in [0.2, 0.25) is 0 Å². The molecule has 2 heterocycles. The van der Waals surface area contributed by atoms with Crippen LogP contribution in [0.1, 0.15) is 19.2 Å². The van der Waals surface area contributed by atoms with Crippen molar-refractivity contribution in [3.8, 4) is 0 Å². The Bertz CT molecular complexity index is 465. The van der Waals surface area contributed by atoms with Crippen LogP contribution in [0.3, 0.4) is 0 Å². The molecule has 0 radical (unpaired) electrons. The molecule has 1 unspecified atom stereocenters. The summed E-state index contributed by atoms with van der Waals surface area (Å²) < 4.78 is 9.47. The molecule has 10 heteroatoms. The number of ether oxygens (including phenoxy) is 1. The normalized spacial score (nSPS) is 15.6. The van der Waals surface area contributed by atoms with E-state index in [9.17, 15) is 4.79 Å². The van der Waals surface area contributed by atoms with E-state index in [1.807, 2.05) is 11.8 Å². The van der Waals surface area contributed by atoms with Crippen molar-refractivity contribution in [1.82, 2.24) is 14.3 Å². The summed E-state index contributed by atoms with van der Waals surface area (Å²) in [7, 11) is 1.59. The summed E-state index contributed by atoms with van der Waals surface area (Å²) in [5.74, 6) is 0.998. The van der Waals surface area contributed by atoms with Crippen molar-refractivity contribution in [1.29, 1.82) is 0 Å². The molecule has 1 saturated heterocycles. The number of carbonyl (C=O) groups excluding carboxylic acids is 1. The number of aryl methyl sites for hydroxylation is 1. The minimum absolute atomic E-state index is 0. The second-order valence-corrected chi connectivity index (χ2v) is 5.74. The highest BCUT2D eigenvalue weighted by Crippen LogP contribution is 2.19. The molecule has 1 aliphatic heterocycles. The van der Waals surface area contributed by atoms with Gasteiger partial charge in [-0.3, -0.25) is 4.79 Å². The number of hydrogen-bond donors (Lipinski definition) is 1. The number of aromatic nitrogens is 2. The van der Waals surface area contributed by atoms with Crippen LogP contribution in [-0.2, 0) is 16.0 Å². The fraction of sp³-hybridized carbons (Fsp3) is 0.769. The fourth-order valence-electron chi connectivity index (χ4n) is 2.25. The monoisotopic (exact) mass is 385 g/mol. The second kappa shape index (κ2) is 11.0. The highest BCUT2D eigenvalue weighted by atomic mass is 35.5. The number of amides is 1. The minimum Gasteiger partial charge on any atom is -0.380 e. The maximum atomic E-state index is 12.2. The second-order valence-electron chi connectivity index (χ2n) is 5.01. The smallest absolute Gasteiger partial charge is 0.225 e. The van der Waals surface area contributed by atoms with E-state index in [0.717, 1.165) is 30.5 Å². The molecule has 1 fully saturated rings. The Hall–Kier alpha value is -0.670. The van der Waals surface area contributed by atoms with Gasteiger partial charge < -0.3 is 20.3 Å². The maximum Gasteiger partial charge on any atom is 0.225 e. The van der Waals surface area contributed by atoms with Gasteiger partial charge in [-0.15, -0.1) is 24.8 Å². The number of piperazine rings is 1. The van der Waals surface area contributed by atoms with Crippen molar-refractivity contribution in [3.05, 3.63) is 5.82 Å². The number of methoxy groups -OCH3 is 1. The van der Waals surface area contributed by atoms with Gasteiger partial charge in [0.1, 0.15) is 5.82 Å². The molecule has 2 rings (SSSR count). The first-order valence-electron chi connectivity index (χ1n) is 7.26. The Morgan fingerprint density at radius 1 is 1.35 bits per heavy atom. The summed E-state index contributed by atoms with van der Waals surface area (Å²) in [5.41, 5.74) is 5.56. The number of nitrogens with two attached hydrogens (primary N) is 1. The average molecular weight is 386 g/mol. The van der Waals surface area contributed by atoms with Crippen LogP contribution >= 0.6 is 36.3 Å². The van der Waals surface area contributed by atoms with Gasteiger partial charge in [-0.2, -0.15) is 4.37 Å². The Labute approximate surface area is 153 Å². The molecule has 0 aliphatic carbocycles. The van der Waals surface area contributed by atoms with E-state index >= 15 is 0 Å². The summed E-state index contributed by atoms with van der Waals surface area (Å²) in [6, 6.07) is 0. The van der Waals surface area contributed by atoms with E-state index in [4.69, 9.17) is 10.5 Å². The zero-order valence-corrected chi connectivity index (χ0v) is 15.9.